The van der Waals surface area contributed by atoms with E-state index >= 15 is 0 Å². The van der Waals surface area contributed by atoms with Gasteiger partial charge < -0.3 is 0 Å². The highest BCUT2D eigenvalue weighted by Gasteiger charge is 2.60. The molecule has 0 aromatic rings. The van der Waals surface area contributed by atoms with Crippen LogP contribution in [0.15, 0.2) is 0 Å². The van der Waals surface area contributed by atoms with Gasteiger partial charge in [0.05, 0.1) is 0 Å². The third-order valence-electron chi connectivity index (χ3n) is 10.6. The van der Waals surface area contributed by atoms with Crippen molar-refractivity contribution in [3.05, 3.63) is 0 Å². The highest BCUT2D eigenvalue weighted by Crippen LogP contribution is 2.68. The summed E-state index contributed by atoms with van der Waals surface area (Å²) in [5.41, 5.74) is 0.877. The molecule has 0 spiro atoms. The number of fused-ring (bicyclic) bond motifs is 5. The molecule has 0 aromatic carbocycles. The van der Waals surface area contributed by atoms with Gasteiger partial charge in [-0.3, -0.25) is 4.79 Å². The highest BCUT2D eigenvalue weighted by molar-refractivity contribution is 5.78. The molecule has 0 heterocycles. The van der Waals surface area contributed by atoms with Gasteiger partial charge in [0.1, 0.15) is 12.2 Å². The van der Waals surface area contributed by atoms with Crippen molar-refractivity contribution < 1.29 is 18.0 Å². The number of carbonyl (C=O) groups is 1. The number of hydrogen-bond acceptors (Lipinski definition) is 1. The van der Waals surface area contributed by atoms with Gasteiger partial charge in [0, 0.05) is 6.42 Å². The number of carbonyl (C=O) groups excluding carboxylic acids is 1. The molecule has 0 aliphatic heterocycles. The molecule has 4 fully saturated rings. The van der Waals surface area contributed by atoms with E-state index in [0.29, 0.717) is 29.1 Å². The van der Waals surface area contributed by atoms with Gasteiger partial charge in [-0.15, -0.1) is 0 Å². The zero-order valence-electron chi connectivity index (χ0n) is 19.2. The lowest BCUT2D eigenvalue weighted by atomic mass is 9.44. The summed E-state index contributed by atoms with van der Waals surface area (Å²) in [4.78, 5) is 11.8. The van der Waals surface area contributed by atoms with E-state index in [2.05, 4.69) is 20.8 Å². The van der Waals surface area contributed by atoms with Gasteiger partial charge in [-0.25, -0.2) is 0 Å². The second kappa shape index (κ2) is 8.10. The molecule has 0 radical (unpaired) electrons. The van der Waals surface area contributed by atoms with Crippen LogP contribution in [-0.4, -0.2) is 12.0 Å². The fraction of sp³-hybridized carbons (Fsp3) is 0.962. The summed E-state index contributed by atoms with van der Waals surface area (Å²) < 4.78 is 37.5. The van der Waals surface area contributed by atoms with Crippen molar-refractivity contribution in [3.8, 4) is 0 Å². The van der Waals surface area contributed by atoms with Crippen molar-refractivity contribution in [1.29, 1.82) is 0 Å². The minimum atomic E-state index is -4.36. The average Bonchev–Trinajstić information content (AvgIpc) is 3.01. The molecule has 4 rings (SSSR count). The minimum absolute atomic E-state index is 0.0870. The van der Waals surface area contributed by atoms with E-state index < -0.39 is 18.4 Å². The summed E-state index contributed by atoms with van der Waals surface area (Å²) in [6.45, 7) is 7.30. The molecular formula is C26H41F3O. The van der Waals surface area contributed by atoms with Gasteiger partial charge in [-0.05, 0) is 104 Å². The maximum absolute atomic E-state index is 12.5. The fourth-order valence-electron chi connectivity index (χ4n) is 9.17. The van der Waals surface area contributed by atoms with Crippen LogP contribution in [0.25, 0.3) is 0 Å². The van der Waals surface area contributed by atoms with Crippen LogP contribution < -0.4 is 0 Å². The first-order valence-corrected chi connectivity index (χ1v) is 12.6. The average molecular weight is 427 g/mol. The SMILES string of the molecule is C[C@H](CCC(=O)CC(F)(F)F)[C@H]1CC[C@H]2[C@@H]3CCC4CCCC[C@]4(C)[C@H]3CC[C@]12C. The van der Waals surface area contributed by atoms with Crippen molar-refractivity contribution >= 4 is 5.78 Å². The standard InChI is InChI=1S/C26H41F3O/c1-17(7-9-19(30)16-26(27,28)29)21-11-12-22-20-10-8-18-6-4-5-14-24(18,2)23(20)13-15-25(21,22)3/h17-18,20-23H,4-16H2,1-3H3/t17-,18?,20+,21-,22+,23+,24+,25-/m1/s1. The van der Waals surface area contributed by atoms with Gasteiger partial charge in [0.15, 0.2) is 0 Å². The predicted molar refractivity (Wildman–Crippen MR) is 114 cm³/mol. The highest BCUT2D eigenvalue weighted by atomic mass is 19.4. The van der Waals surface area contributed by atoms with Crippen LogP contribution in [0.1, 0.15) is 104 Å². The predicted octanol–water partition coefficient (Wildman–Crippen LogP) is 7.97. The maximum atomic E-state index is 12.5. The normalized spacial score (nSPS) is 44.7. The molecule has 1 unspecified atom stereocenters. The largest absolute Gasteiger partial charge is 0.395 e. The van der Waals surface area contributed by atoms with E-state index in [1.54, 1.807) is 0 Å². The Kier molecular flexibility index (Phi) is 6.12. The molecule has 0 bridgehead atoms. The Bertz CT molecular complexity index is 643. The van der Waals surface area contributed by atoms with E-state index in [0.717, 1.165) is 23.7 Å². The molecule has 4 saturated carbocycles. The molecule has 8 atom stereocenters. The topological polar surface area (TPSA) is 17.1 Å². The smallest absolute Gasteiger partial charge is 0.299 e. The Morgan fingerprint density at radius 2 is 1.67 bits per heavy atom. The number of Topliss-reactive ketones (excluding diaryl/α,β-unsaturated/α-hetero) is 1. The number of alkyl halides is 3. The van der Waals surface area contributed by atoms with Crippen LogP contribution in [0.3, 0.4) is 0 Å². The number of halogens is 3. The van der Waals surface area contributed by atoms with Crippen molar-refractivity contribution in [2.75, 3.05) is 0 Å². The summed E-state index contributed by atoms with van der Waals surface area (Å²) in [7, 11) is 0. The lowest BCUT2D eigenvalue weighted by molar-refractivity contribution is -0.152. The Morgan fingerprint density at radius 1 is 0.933 bits per heavy atom. The van der Waals surface area contributed by atoms with Gasteiger partial charge in [-0.2, -0.15) is 13.2 Å². The number of ketones is 1. The van der Waals surface area contributed by atoms with Gasteiger partial charge in [0.25, 0.3) is 0 Å². The molecule has 4 aliphatic carbocycles. The summed E-state index contributed by atoms with van der Waals surface area (Å²) >= 11 is 0. The monoisotopic (exact) mass is 426 g/mol. The zero-order chi connectivity index (χ0) is 21.7. The molecule has 172 valence electrons. The molecule has 0 aromatic heterocycles. The Hall–Kier alpha value is -0.540. The van der Waals surface area contributed by atoms with Crippen LogP contribution in [-0.2, 0) is 4.79 Å². The Balaban J connectivity index is 1.42. The molecule has 4 heteroatoms. The molecule has 0 amide bonds. The lowest BCUT2D eigenvalue weighted by Gasteiger charge is -2.61. The zero-order valence-corrected chi connectivity index (χ0v) is 19.2. The second-order valence-electron chi connectivity index (χ2n) is 12.0. The van der Waals surface area contributed by atoms with Crippen LogP contribution in [0.5, 0.6) is 0 Å². The molecule has 0 N–H and O–H groups in total. The van der Waals surface area contributed by atoms with Crippen molar-refractivity contribution in [2.24, 2.45) is 46.3 Å². The molecule has 1 nitrogen and oxygen atoms in total. The quantitative estimate of drug-likeness (QED) is 0.435. The first-order valence-electron chi connectivity index (χ1n) is 12.6. The summed E-state index contributed by atoms with van der Waals surface area (Å²) in [6.07, 6.45) is 8.72. The Morgan fingerprint density at radius 3 is 2.40 bits per heavy atom. The molecule has 30 heavy (non-hydrogen) atoms. The molecular weight excluding hydrogens is 385 g/mol. The fourth-order valence-corrected chi connectivity index (χ4v) is 9.17. The van der Waals surface area contributed by atoms with E-state index in [-0.39, 0.29) is 6.42 Å². The molecule has 0 saturated heterocycles. The number of rotatable bonds is 5. The maximum Gasteiger partial charge on any atom is 0.395 e. The third-order valence-corrected chi connectivity index (χ3v) is 10.6. The van der Waals surface area contributed by atoms with Crippen LogP contribution in [0.4, 0.5) is 13.2 Å². The lowest BCUT2D eigenvalue weighted by Crippen LogP contribution is -2.53. The minimum Gasteiger partial charge on any atom is -0.299 e. The summed E-state index contributed by atoms with van der Waals surface area (Å²) in [5, 5.41) is 0. The van der Waals surface area contributed by atoms with Crippen molar-refractivity contribution in [2.45, 2.75) is 110 Å². The first-order chi connectivity index (χ1) is 14.0. The van der Waals surface area contributed by atoms with Crippen LogP contribution >= 0.6 is 0 Å². The van der Waals surface area contributed by atoms with Crippen molar-refractivity contribution in [1.82, 2.24) is 0 Å². The van der Waals surface area contributed by atoms with Crippen molar-refractivity contribution in [3.63, 3.8) is 0 Å². The third kappa shape index (κ3) is 3.98. The van der Waals surface area contributed by atoms with Gasteiger partial charge in [-0.1, -0.05) is 33.6 Å². The van der Waals surface area contributed by atoms with Gasteiger partial charge in [0.2, 0.25) is 0 Å². The second-order valence-corrected chi connectivity index (χ2v) is 12.0. The Labute approximate surface area is 180 Å². The van der Waals surface area contributed by atoms with Gasteiger partial charge >= 0.3 is 6.18 Å². The van der Waals surface area contributed by atoms with Crippen LogP contribution in [0, 0.1) is 46.3 Å². The summed E-state index contributed by atoms with van der Waals surface area (Å²) in [5.74, 6) is 3.74. The van der Waals surface area contributed by atoms with E-state index in [1.165, 1.54) is 64.2 Å². The van der Waals surface area contributed by atoms with E-state index in [1.807, 2.05) is 0 Å². The summed E-state index contributed by atoms with van der Waals surface area (Å²) in [6, 6.07) is 0. The van der Waals surface area contributed by atoms with E-state index in [4.69, 9.17) is 0 Å². The number of hydrogen-bond donors (Lipinski definition) is 0. The molecule has 4 aliphatic rings. The van der Waals surface area contributed by atoms with E-state index in [9.17, 15) is 18.0 Å². The first kappa shape index (κ1) is 22.6. The van der Waals surface area contributed by atoms with Crippen LogP contribution in [0.2, 0.25) is 0 Å².